The summed E-state index contributed by atoms with van der Waals surface area (Å²) in [7, 11) is 0. The van der Waals surface area contributed by atoms with E-state index in [1.54, 1.807) is 0 Å². The van der Waals surface area contributed by atoms with E-state index in [0.717, 1.165) is 11.1 Å². The highest BCUT2D eigenvalue weighted by molar-refractivity contribution is 5.86. The molecule has 2 atom stereocenters. The molecule has 1 aliphatic rings. The van der Waals surface area contributed by atoms with Crippen LogP contribution in [0.2, 0.25) is 0 Å². The molecule has 19 heavy (non-hydrogen) atoms. The summed E-state index contributed by atoms with van der Waals surface area (Å²) in [5, 5.41) is 9.69. The lowest BCUT2D eigenvalue weighted by molar-refractivity contribution is -0.153. The minimum absolute atomic E-state index is 0.179. The van der Waals surface area contributed by atoms with E-state index in [4.69, 9.17) is 0 Å². The van der Waals surface area contributed by atoms with Crippen LogP contribution >= 0.6 is 0 Å². The summed E-state index contributed by atoms with van der Waals surface area (Å²) in [4.78, 5) is 23.6. The molecule has 1 N–H and O–H groups in total. The third kappa shape index (κ3) is 2.29. The highest BCUT2D eigenvalue weighted by Crippen LogP contribution is 2.49. The molecule has 0 bridgehead atoms. The van der Waals surface area contributed by atoms with Gasteiger partial charge in [-0.25, -0.2) is 0 Å². The Morgan fingerprint density at radius 3 is 2.68 bits per heavy atom. The van der Waals surface area contributed by atoms with Crippen molar-refractivity contribution < 1.29 is 14.7 Å². The zero-order valence-electron chi connectivity index (χ0n) is 11.5. The summed E-state index contributed by atoms with van der Waals surface area (Å²) in [6.45, 7) is 3.89. The van der Waals surface area contributed by atoms with Crippen molar-refractivity contribution in [2.24, 2.45) is 5.41 Å². The second-order valence-corrected chi connectivity index (χ2v) is 5.47. The van der Waals surface area contributed by atoms with Gasteiger partial charge in [0.1, 0.15) is 5.78 Å². The summed E-state index contributed by atoms with van der Waals surface area (Å²) >= 11 is 0. The molecule has 0 heterocycles. The second-order valence-electron chi connectivity index (χ2n) is 5.47. The van der Waals surface area contributed by atoms with Gasteiger partial charge in [0.2, 0.25) is 0 Å². The Kier molecular flexibility index (Phi) is 3.74. The Morgan fingerprint density at radius 2 is 2.11 bits per heavy atom. The van der Waals surface area contributed by atoms with E-state index in [2.05, 4.69) is 0 Å². The number of Topliss-reactive ketones (excluding diaryl/α,β-unsaturated/α-hetero) is 1. The quantitative estimate of drug-likeness (QED) is 0.907. The lowest BCUT2D eigenvalue weighted by atomic mass is 9.61. The highest BCUT2D eigenvalue weighted by Gasteiger charge is 2.48. The van der Waals surface area contributed by atoms with E-state index < -0.39 is 11.4 Å². The predicted octanol–water partition coefficient (Wildman–Crippen LogP) is 3.31. The highest BCUT2D eigenvalue weighted by atomic mass is 16.4. The van der Waals surface area contributed by atoms with Gasteiger partial charge in [-0.15, -0.1) is 0 Å². The van der Waals surface area contributed by atoms with Gasteiger partial charge in [-0.1, -0.05) is 31.2 Å². The van der Waals surface area contributed by atoms with Crippen LogP contribution in [-0.4, -0.2) is 16.9 Å². The fraction of sp³-hybridized carbons (Fsp3) is 0.500. The molecule has 0 aromatic heterocycles. The largest absolute Gasteiger partial charge is 0.481 e. The molecule has 3 nitrogen and oxygen atoms in total. The van der Waals surface area contributed by atoms with E-state index in [-0.39, 0.29) is 11.7 Å². The van der Waals surface area contributed by atoms with Crippen LogP contribution in [0.15, 0.2) is 24.3 Å². The van der Waals surface area contributed by atoms with Gasteiger partial charge in [-0.05, 0) is 30.9 Å². The van der Waals surface area contributed by atoms with Crippen LogP contribution in [0, 0.1) is 12.3 Å². The molecule has 1 aromatic carbocycles. The number of carbonyl (C=O) groups is 2. The molecule has 1 aliphatic carbocycles. The Hall–Kier alpha value is -1.64. The van der Waals surface area contributed by atoms with Crippen molar-refractivity contribution >= 4 is 11.8 Å². The van der Waals surface area contributed by atoms with Gasteiger partial charge in [0.05, 0.1) is 5.41 Å². The van der Waals surface area contributed by atoms with Gasteiger partial charge in [-0.2, -0.15) is 0 Å². The van der Waals surface area contributed by atoms with Crippen LogP contribution in [0.5, 0.6) is 0 Å². The normalized spacial score (nSPS) is 27.3. The first-order chi connectivity index (χ1) is 9.01. The number of benzene rings is 1. The number of carboxylic acids is 1. The molecule has 0 aliphatic heterocycles. The molecule has 2 rings (SSSR count). The fourth-order valence-corrected chi connectivity index (χ4v) is 3.28. The fourth-order valence-electron chi connectivity index (χ4n) is 3.28. The van der Waals surface area contributed by atoms with Gasteiger partial charge in [-0.3, -0.25) is 9.59 Å². The monoisotopic (exact) mass is 260 g/mol. The van der Waals surface area contributed by atoms with E-state index in [9.17, 15) is 14.7 Å². The van der Waals surface area contributed by atoms with Crippen molar-refractivity contribution in [3.63, 3.8) is 0 Å². The smallest absolute Gasteiger partial charge is 0.310 e. The molecule has 102 valence electrons. The molecule has 1 saturated carbocycles. The second kappa shape index (κ2) is 5.16. The Morgan fingerprint density at radius 1 is 1.42 bits per heavy atom. The molecule has 1 aromatic rings. The van der Waals surface area contributed by atoms with Gasteiger partial charge in [0.25, 0.3) is 0 Å². The summed E-state index contributed by atoms with van der Waals surface area (Å²) in [6, 6.07) is 7.81. The molecule has 1 fully saturated rings. The van der Waals surface area contributed by atoms with E-state index in [1.165, 1.54) is 0 Å². The SMILES string of the molecule is CCC1(C(=O)O)CCC(=O)CC1c1ccccc1C. The maximum Gasteiger partial charge on any atom is 0.310 e. The Balaban J connectivity index is 2.51. The topological polar surface area (TPSA) is 54.4 Å². The Bertz CT molecular complexity index is 506. The number of carboxylic acid groups (broad SMARTS) is 1. The molecule has 2 unspecified atom stereocenters. The van der Waals surface area contributed by atoms with Crippen LogP contribution in [-0.2, 0) is 9.59 Å². The summed E-state index contributed by atoms with van der Waals surface area (Å²) in [5.41, 5.74) is 1.29. The summed E-state index contributed by atoms with van der Waals surface area (Å²) in [5.74, 6) is -0.785. The molecular formula is C16H20O3. The van der Waals surface area contributed by atoms with Crippen molar-refractivity contribution in [3.8, 4) is 0 Å². The zero-order chi connectivity index (χ0) is 14.0. The molecule has 0 radical (unpaired) electrons. The van der Waals surface area contributed by atoms with Gasteiger partial charge in [0, 0.05) is 18.8 Å². The van der Waals surface area contributed by atoms with Crippen LogP contribution in [0.25, 0.3) is 0 Å². The third-order valence-corrected chi connectivity index (χ3v) is 4.57. The van der Waals surface area contributed by atoms with Crippen molar-refractivity contribution in [2.45, 2.75) is 45.4 Å². The molecule has 0 amide bonds. The van der Waals surface area contributed by atoms with Crippen LogP contribution in [0.4, 0.5) is 0 Å². The number of hydrogen-bond acceptors (Lipinski definition) is 2. The zero-order valence-corrected chi connectivity index (χ0v) is 11.5. The van der Waals surface area contributed by atoms with Crippen LogP contribution in [0.3, 0.4) is 0 Å². The number of hydrogen-bond donors (Lipinski definition) is 1. The van der Waals surface area contributed by atoms with E-state index >= 15 is 0 Å². The third-order valence-electron chi connectivity index (χ3n) is 4.57. The number of ketones is 1. The minimum atomic E-state index is -0.792. The number of aliphatic carboxylic acids is 1. The van der Waals surface area contributed by atoms with Gasteiger partial charge in [0.15, 0.2) is 0 Å². The van der Waals surface area contributed by atoms with Crippen LogP contribution in [0.1, 0.15) is 49.7 Å². The maximum atomic E-state index is 11.8. The lowest BCUT2D eigenvalue weighted by Gasteiger charge is -2.40. The summed E-state index contributed by atoms with van der Waals surface area (Å²) in [6.07, 6.45) is 1.76. The molecule has 0 spiro atoms. The minimum Gasteiger partial charge on any atom is -0.481 e. The van der Waals surface area contributed by atoms with E-state index in [1.807, 2.05) is 38.1 Å². The van der Waals surface area contributed by atoms with Gasteiger partial charge < -0.3 is 5.11 Å². The first-order valence-corrected chi connectivity index (χ1v) is 6.82. The first-order valence-electron chi connectivity index (χ1n) is 6.82. The lowest BCUT2D eigenvalue weighted by Crippen LogP contribution is -2.41. The van der Waals surface area contributed by atoms with Crippen molar-refractivity contribution in [1.82, 2.24) is 0 Å². The summed E-state index contributed by atoms with van der Waals surface area (Å²) < 4.78 is 0. The average Bonchev–Trinajstić information content (AvgIpc) is 2.39. The van der Waals surface area contributed by atoms with Crippen molar-refractivity contribution in [3.05, 3.63) is 35.4 Å². The standard InChI is InChI=1S/C16H20O3/c1-3-16(15(18)19)9-8-12(17)10-14(16)13-7-5-4-6-11(13)2/h4-7,14H,3,8-10H2,1-2H3,(H,18,19). The number of carbonyl (C=O) groups excluding carboxylic acids is 1. The number of rotatable bonds is 3. The Labute approximate surface area is 113 Å². The molecule has 3 heteroatoms. The van der Waals surface area contributed by atoms with E-state index in [0.29, 0.717) is 25.7 Å². The first kappa shape index (κ1) is 13.8. The average molecular weight is 260 g/mol. The number of aryl methyl sites for hydroxylation is 1. The molecule has 0 saturated heterocycles. The van der Waals surface area contributed by atoms with Gasteiger partial charge >= 0.3 is 5.97 Å². The van der Waals surface area contributed by atoms with Crippen molar-refractivity contribution in [1.29, 1.82) is 0 Å². The maximum absolute atomic E-state index is 11.8. The predicted molar refractivity (Wildman–Crippen MR) is 73.1 cm³/mol. The molecular weight excluding hydrogens is 240 g/mol. The van der Waals surface area contributed by atoms with Crippen LogP contribution < -0.4 is 0 Å². The van der Waals surface area contributed by atoms with Crippen molar-refractivity contribution in [2.75, 3.05) is 0 Å².